The van der Waals surface area contributed by atoms with Crippen molar-refractivity contribution < 1.29 is 0 Å². The molecule has 3 heteroatoms. The van der Waals surface area contributed by atoms with Crippen LogP contribution in [0.1, 0.15) is 40.0 Å². The maximum Gasteiger partial charge on any atom is -0.00109 e. The molecule has 108 valence electrons. The third-order valence-electron chi connectivity index (χ3n) is 3.66. The van der Waals surface area contributed by atoms with Gasteiger partial charge in [-0.3, -0.25) is 0 Å². The number of piperidine rings is 1. The van der Waals surface area contributed by atoms with E-state index >= 15 is 0 Å². The van der Waals surface area contributed by atoms with Crippen molar-refractivity contribution >= 4 is 11.8 Å². The molecular formula is C15H32N2S. The van der Waals surface area contributed by atoms with Crippen LogP contribution in [0.15, 0.2) is 0 Å². The Balaban J connectivity index is 1.98. The molecule has 0 atom stereocenters. The predicted molar refractivity (Wildman–Crippen MR) is 84.5 cm³/mol. The van der Waals surface area contributed by atoms with E-state index in [1.165, 1.54) is 63.5 Å². The first-order valence-corrected chi connectivity index (χ1v) is 8.88. The summed E-state index contributed by atoms with van der Waals surface area (Å²) in [5.41, 5.74) is 0. The summed E-state index contributed by atoms with van der Waals surface area (Å²) >= 11 is 2.07. The first-order chi connectivity index (χ1) is 8.72. The highest BCUT2D eigenvalue weighted by Crippen LogP contribution is 2.17. The van der Waals surface area contributed by atoms with Gasteiger partial charge in [-0.15, -0.1) is 0 Å². The van der Waals surface area contributed by atoms with Crippen molar-refractivity contribution in [1.29, 1.82) is 0 Å². The van der Waals surface area contributed by atoms with E-state index in [1.54, 1.807) is 0 Å². The van der Waals surface area contributed by atoms with Gasteiger partial charge in [0.25, 0.3) is 0 Å². The van der Waals surface area contributed by atoms with Gasteiger partial charge in [0.05, 0.1) is 0 Å². The summed E-state index contributed by atoms with van der Waals surface area (Å²) < 4.78 is 0. The van der Waals surface area contributed by atoms with E-state index in [9.17, 15) is 0 Å². The molecule has 1 N–H and O–H groups in total. The second kappa shape index (κ2) is 10.1. The van der Waals surface area contributed by atoms with Crippen LogP contribution in [0, 0.1) is 11.8 Å². The third kappa shape index (κ3) is 7.65. The van der Waals surface area contributed by atoms with Crippen molar-refractivity contribution in [1.82, 2.24) is 10.2 Å². The Bertz CT molecular complexity index is 189. The molecular weight excluding hydrogens is 240 g/mol. The minimum Gasteiger partial charge on any atom is -0.316 e. The van der Waals surface area contributed by atoms with Gasteiger partial charge < -0.3 is 10.2 Å². The van der Waals surface area contributed by atoms with E-state index in [2.05, 4.69) is 42.7 Å². The highest BCUT2D eigenvalue weighted by atomic mass is 32.2. The molecule has 0 spiro atoms. The first-order valence-electron chi connectivity index (χ1n) is 7.73. The number of hydrogen-bond acceptors (Lipinski definition) is 3. The van der Waals surface area contributed by atoms with E-state index in [1.807, 2.05) is 0 Å². The molecule has 1 fully saturated rings. The first kappa shape index (κ1) is 16.3. The van der Waals surface area contributed by atoms with Crippen LogP contribution in [-0.2, 0) is 0 Å². The largest absolute Gasteiger partial charge is 0.316 e. The van der Waals surface area contributed by atoms with E-state index in [4.69, 9.17) is 0 Å². The number of nitrogens with zero attached hydrogens (tertiary/aromatic N) is 1. The highest BCUT2D eigenvalue weighted by molar-refractivity contribution is 7.99. The molecule has 0 amide bonds. The van der Waals surface area contributed by atoms with Gasteiger partial charge >= 0.3 is 0 Å². The summed E-state index contributed by atoms with van der Waals surface area (Å²) in [5.74, 6) is 4.31. The lowest BCUT2D eigenvalue weighted by atomic mass is 9.96. The molecule has 0 unspecified atom stereocenters. The van der Waals surface area contributed by atoms with Crippen molar-refractivity contribution in [2.75, 3.05) is 44.2 Å². The van der Waals surface area contributed by atoms with Crippen LogP contribution in [0.25, 0.3) is 0 Å². The van der Waals surface area contributed by atoms with E-state index in [0.29, 0.717) is 0 Å². The van der Waals surface area contributed by atoms with Gasteiger partial charge in [-0.25, -0.2) is 0 Å². The third-order valence-corrected chi connectivity index (χ3v) is 4.65. The average Bonchev–Trinajstić information content (AvgIpc) is 2.36. The van der Waals surface area contributed by atoms with Crippen LogP contribution in [0.2, 0.25) is 0 Å². The molecule has 0 saturated carbocycles. The van der Waals surface area contributed by atoms with Gasteiger partial charge in [-0.2, -0.15) is 11.8 Å². The van der Waals surface area contributed by atoms with Crippen molar-refractivity contribution in [3.63, 3.8) is 0 Å². The Kier molecular flexibility index (Phi) is 9.16. The van der Waals surface area contributed by atoms with Crippen LogP contribution in [-0.4, -0.2) is 49.1 Å². The summed E-state index contributed by atoms with van der Waals surface area (Å²) in [6.07, 6.45) is 4.16. The average molecular weight is 273 g/mol. The maximum absolute atomic E-state index is 3.61. The van der Waals surface area contributed by atoms with Crippen molar-refractivity contribution in [2.24, 2.45) is 11.8 Å². The Hall–Kier alpha value is 0.270. The van der Waals surface area contributed by atoms with E-state index in [0.717, 1.165) is 11.8 Å². The number of nitrogens with one attached hydrogen (secondary N) is 1. The summed E-state index contributed by atoms with van der Waals surface area (Å²) in [6, 6.07) is 0. The Morgan fingerprint density at radius 2 is 2.00 bits per heavy atom. The van der Waals surface area contributed by atoms with Crippen molar-refractivity contribution in [3.05, 3.63) is 0 Å². The van der Waals surface area contributed by atoms with Crippen molar-refractivity contribution in [3.8, 4) is 0 Å². The zero-order chi connectivity index (χ0) is 13.2. The normalized spacial score (nSPS) is 18.7. The number of hydrogen-bond donors (Lipinski definition) is 1. The molecule has 1 rings (SSSR count). The van der Waals surface area contributed by atoms with Crippen molar-refractivity contribution in [2.45, 2.75) is 40.0 Å². The van der Waals surface area contributed by atoms with E-state index < -0.39 is 0 Å². The Morgan fingerprint density at radius 3 is 2.61 bits per heavy atom. The lowest BCUT2D eigenvalue weighted by molar-refractivity contribution is 0.182. The summed E-state index contributed by atoms with van der Waals surface area (Å²) in [7, 11) is 0. The van der Waals surface area contributed by atoms with Crippen LogP contribution >= 0.6 is 11.8 Å². The van der Waals surface area contributed by atoms with Gasteiger partial charge in [-0.1, -0.05) is 20.8 Å². The second-order valence-corrected chi connectivity index (χ2v) is 7.28. The summed E-state index contributed by atoms with van der Waals surface area (Å²) in [5, 5.41) is 3.61. The fourth-order valence-corrected chi connectivity index (χ4v) is 3.15. The fraction of sp³-hybridized carbons (Fsp3) is 1.00. The number of likely N-dealkylation sites (tertiary alicyclic amines) is 1. The molecule has 18 heavy (non-hydrogen) atoms. The topological polar surface area (TPSA) is 15.3 Å². The van der Waals surface area contributed by atoms with Gasteiger partial charge in [0.2, 0.25) is 0 Å². The molecule has 1 aliphatic heterocycles. The molecule has 1 saturated heterocycles. The fourth-order valence-electron chi connectivity index (χ4n) is 2.52. The van der Waals surface area contributed by atoms with Crippen LogP contribution < -0.4 is 5.32 Å². The second-order valence-electron chi connectivity index (χ2n) is 5.89. The zero-order valence-electron chi connectivity index (χ0n) is 12.6. The highest BCUT2D eigenvalue weighted by Gasteiger charge is 2.18. The van der Waals surface area contributed by atoms with Gasteiger partial charge in [0.15, 0.2) is 0 Å². The molecule has 0 aliphatic carbocycles. The predicted octanol–water partition coefficient (Wildman–Crippen LogP) is 3.09. The zero-order valence-corrected chi connectivity index (χ0v) is 13.4. The smallest absolute Gasteiger partial charge is 0.00109 e. The quantitative estimate of drug-likeness (QED) is 0.649. The molecule has 0 aromatic carbocycles. The lowest BCUT2D eigenvalue weighted by Gasteiger charge is -2.32. The Labute approximate surface area is 118 Å². The molecule has 0 radical (unpaired) electrons. The lowest BCUT2D eigenvalue weighted by Crippen LogP contribution is -2.38. The van der Waals surface area contributed by atoms with Crippen LogP contribution in [0.3, 0.4) is 0 Å². The number of rotatable bonds is 9. The number of thioether (sulfide) groups is 1. The minimum absolute atomic E-state index is 0.779. The molecule has 1 aliphatic rings. The van der Waals surface area contributed by atoms with Gasteiger partial charge in [0, 0.05) is 0 Å². The molecule has 1 heterocycles. The molecule has 0 aromatic rings. The summed E-state index contributed by atoms with van der Waals surface area (Å²) in [6.45, 7) is 13.2. The van der Waals surface area contributed by atoms with Crippen LogP contribution in [0.5, 0.6) is 0 Å². The standard InChI is InChI=1S/C15H32N2S/c1-4-18-11-5-8-17-9-6-15(7-10-17)13-16-12-14(2)3/h14-16H,4-13H2,1-3H3. The molecule has 0 aromatic heterocycles. The molecule has 0 bridgehead atoms. The van der Waals surface area contributed by atoms with E-state index in [-0.39, 0.29) is 0 Å². The SMILES string of the molecule is CCSCCCN1CCC(CNCC(C)C)CC1. The monoisotopic (exact) mass is 272 g/mol. The maximum atomic E-state index is 3.61. The summed E-state index contributed by atoms with van der Waals surface area (Å²) in [4.78, 5) is 2.66. The van der Waals surface area contributed by atoms with Gasteiger partial charge in [-0.05, 0) is 75.3 Å². The van der Waals surface area contributed by atoms with Crippen LogP contribution in [0.4, 0.5) is 0 Å². The molecule has 2 nitrogen and oxygen atoms in total. The Morgan fingerprint density at radius 1 is 1.28 bits per heavy atom. The van der Waals surface area contributed by atoms with Gasteiger partial charge in [0.1, 0.15) is 0 Å². The minimum atomic E-state index is 0.779.